The first-order valence-electron chi connectivity index (χ1n) is 4.66. The van der Waals surface area contributed by atoms with Gasteiger partial charge in [-0.05, 0) is 12.3 Å². The minimum atomic E-state index is -0.187. The average Bonchev–Trinajstić information content (AvgIpc) is 2.45. The average molecular weight is 199 g/mol. The second-order valence-electron chi connectivity index (χ2n) is 4.19. The van der Waals surface area contributed by atoms with Crippen LogP contribution in [0.25, 0.3) is 0 Å². The van der Waals surface area contributed by atoms with E-state index < -0.39 is 0 Å². The summed E-state index contributed by atoms with van der Waals surface area (Å²) in [6.07, 6.45) is -0.187. The predicted molar refractivity (Wildman–Crippen MR) is 52.5 cm³/mol. The molecule has 14 heavy (non-hydrogen) atoms. The molecule has 0 aliphatic rings. The molecule has 1 rings (SSSR count). The van der Waals surface area contributed by atoms with E-state index in [1.54, 1.807) is 0 Å². The zero-order valence-electron chi connectivity index (χ0n) is 9.07. The summed E-state index contributed by atoms with van der Waals surface area (Å²) in [5.74, 6) is 0.511. The van der Waals surface area contributed by atoms with E-state index in [1.807, 2.05) is 6.92 Å². The summed E-state index contributed by atoms with van der Waals surface area (Å²) in [6.45, 7) is 8.71. The van der Waals surface area contributed by atoms with Crippen molar-refractivity contribution in [2.75, 3.05) is 12.3 Å². The van der Waals surface area contributed by atoms with Gasteiger partial charge in [0.25, 0.3) is 0 Å². The summed E-state index contributed by atoms with van der Waals surface area (Å²) in [7, 11) is 0. The highest BCUT2D eigenvalue weighted by Gasteiger charge is 2.30. The number of hydrogen-bond acceptors (Lipinski definition) is 5. The molecule has 0 aliphatic heterocycles. The third-order valence-electron chi connectivity index (χ3n) is 1.81. The van der Waals surface area contributed by atoms with Gasteiger partial charge in [-0.2, -0.15) is 4.98 Å². The van der Waals surface area contributed by atoms with Crippen molar-refractivity contribution >= 4 is 6.01 Å². The smallest absolute Gasteiger partial charge is 0.318 e. The second-order valence-corrected chi connectivity index (χ2v) is 4.19. The van der Waals surface area contributed by atoms with Gasteiger partial charge in [0.15, 0.2) is 0 Å². The Hall–Kier alpha value is -1.10. The fraction of sp³-hybridized carbons (Fsp3) is 0.778. The third kappa shape index (κ3) is 2.45. The number of aromatic nitrogens is 2. The number of nitrogen functional groups attached to an aromatic ring is 1. The summed E-state index contributed by atoms with van der Waals surface area (Å²) in [5.41, 5.74) is 5.28. The van der Waals surface area contributed by atoms with Crippen LogP contribution in [0.3, 0.4) is 0 Å². The molecule has 2 N–H and O–H groups in total. The van der Waals surface area contributed by atoms with E-state index >= 15 is 0 Å². The van der Waals surface area contributed by atoms with Crippen molar-refractivity contribution in [1.82, 2.24) is 10.1 Å². The van der Waals surface area contributed by atoms with Crippen LogP contribution in [0.5, 0.6) is 0 Å². The molecule has 1 unspecified atom stereocenters. The van der Waals surface area contributed by atoms with Crippen molar-refractivity contribution < 1.29 is 9.26 Å². The standard InChI is InChI=1S/C9H17N3O2/c1-5-13-6(9(2,3)4)7-11-8(10)14-12-7/h6H,5H2,1-4H3,(H2,10,11,12). The van der Waals surface area contributed by atoms with E-state index in [2.05, 4.69) is 30.9 Å². The SMILES string of the molecule is CCOC(c1noc(N)n1)C(C)(C)C. The fourth-order valence-corrected chi connectivity index (χ4v) is 1.23. The maximum Gasteiger partial charge on any atom is 0.318 e. The minimum Gasteiger partial charge on any atom is -0.370 e. The van der Waals surface area contributed by atoms with Crippen LogP contribution in [0.1, 0.15) is 39.6 Å². The zero-order valence-corrected chi connectivity index (χ0v) is 9.07. The first-order valence-corrected chi connectivity index (χ1v) is 4.66. The van der Waals surface area contributed by atoms with E-state index in [-0.39, 0.29) is 17.5 Å². The van der Waals surface area contributed by atoms with Crippen molar-refractivity contribution in [1.29, 1.82) is 0 Å². The van der Waals surface area contributed by atoms with Crippen LogP contribution in [-0.2, 0) is 4.74 Å². The molecular weight excluding hydrogens is 182 g/mol. The van der Waals surface area contributed by atoms with E-state index in [0.29, 0.717) is 12.4 Å². The Bertz CT molecular complexity index is 290. The molecule has 0 bridgehead atoms. The van der Waals surface area contributed by atoms with Crippen LogP contribution in [-0.4, -0.2) is 16.7 Å². The minimum absolute atomic E-state index is 0.0771. The van der Waals surface area contributed by atoms with E-state index in [1.165, 1.54) is 0 Å². The molecule has 0 fully saturated rings. The van der Waals surface area contributed by atoms with Gasteiger partial charge in [0, 0.05) is 6.61 Å². The lowest BCUT2D eigenvalue weighted by molar-refractivity contribution is -0.0203. The molecule has 0 spiro atoms. The van der Waals surface area contributed by atoms with Crippen LogP contribution in [0.4, 0.5) is 6.01 Å². The second kappa shape index (κ2) is 3.96. The number of hydrogen-bond donors (Lipinski definition) is 1. The maximum atomic E-state index is 5.57. The summed E-state index contributed by atoms with van der Waals surface area (Å²) >= 11 is 0. The topological polar surface area (TPSA) is 74.2 Å². The number of nitrogens with two attached hydrogens (primary N) is 1. The lowest BCUT2D eigenvalue weighted by Crippen LogP contribution is -2.22. The Balaban J connectivity index is 2.88. The summed E-state index contributed by atoms with van der Waals surface area (Å²) in [5, 5.41) is 3.77. The van der Waals surface area contributed by atoms with E-state index in [4.69, 9.17) is 15.0 Å². The van der Waals surface area contributed by atoms with Gasteiger partial charge in [0.1, 0.15) is 6.10 Å². The molecule has 1 atom stereocenters. The normalized spacial score (nSPS) is 14.3. The Morgan fingerprint density at radius 1 is 1.50 bits per heavy atom. The zero-order chi connectivity index (χ0) is 10.8. The predicted octanol–water partition coefficient (Wildman–Crippen LogP) is 1.78. The van der Waals surface area contributed by atoms with Crippen LogP contribution < -0.4 is 5.73 Å². The van der Waals surface area contributed by atoms with E-state index in [0.717, 1.165) is 0 Å². The first-order chi connectivity index (χ1) is 6.45. The lowest BCUT2D eigenvalue weighted by Gasteiger charge is -2.27. The molecule has 80 valence electrons. The van der Waals surface area contributed by atoms with Crippen molar-refractivity contribution in [2.24, 2.45) is 5.41 Å². The number of rotatable bonds is 3. The van der Waals surface area contributed by atoms with Crippen LogP contribution in [0.15, 0.2) is 4.52 Å². The lowest BCUT2D eigenvalue weighted by atomic mass is 9.88. The van der Waals surface area contributed by atoms with Crippen molar-refractivity contribution in [3.63, 3.8) is 0 Å². The van der Waals surface area contributed by atoms with Gasteiger partial charge >= 0.3 is 6.01 Å². The van der Waals surface area contributed by atoms with Gasteiger partial charge < -0.3 is 15.0 Å². The van der Waals surface area contributed by atoms with Crippen LogP contribution in [0, 0.1) is 5.41 Å². The first kappa shape index (κ1) is 11.0. The van der Waals surface area contributed by atoms with Gasteiger partial charge in [-0.15, -0.1) is 0 Å². The van der Waals surface area contributed by atoms with E-state index in [9.17, 15) is 0 Å². The van der Waals surface area contributed by atoms with Gasteiger partial charge in [-0.25, -0.2) is 0 Å². The Morgan fingerprint density at radius 2 is 2.14 bits per heavy atom. The Labute approximate surface area is 83.6 Å². The van der Waals surface area contributed by atoms with Crippen molar-refractivity contribution in [3.05, 3.63) is 5.82 Å². The number of anilines is 1. The molecule has 0 aliphatic carbocycles. The van der Waals surface area contributed by atoms with Crippen molar-refractivity contribution in [2.45, 2.75) is 33.8 Å². The highest BCUT2D eigenvalue weighted by atomic mass is 16.5. The molecule has 0 aromatic carbocycles. The molecule has 0 saturated heterocycles. The monoisotopic (exact) mass is 199 g/mol. The molecule has 5 nitrogen and oxygen atoms in total. The number of ether oxygens (including phenoxy) is 1. The quantitative estimate of drug-likeness (QED) is 0.803. The molecule has 5 heteroatoms. The fourth-order valence-electron chi connectivity index (χ4n) is 1.23. The summed E-state index contributed by atoms with van der Waals surface area (Å²) < 4.78 is 10.3. The largest absolute Gasteiger partial charge is 0.370 e. The molecule has 1 heterocycles. The maximum absolute atomic E-state index is 5.57. The Kier molecular flexibility index (Phi) is 3.10. The van der Waals surface area contributed by atoms with Gasteiger partial charge in [-0.3, -0.25) is 0 Å². The highest BCUT2D eigenvalue weighted by molar-refractivity contribution is 5.09. The number of nitrogens with zero attached hydrogens (tertiary/aromatic N) is 2. The van der Waals surface area contributed by atoms with Crippen molar-refractivity contribution in [3.8, 4) is 0 Å². The van der Waals surface area contributed by atoms with Gasteiger partial charge in [0.05, 0.1) is 0 Å². The summed E-state index contributed by atoms with van der Waals surface area (Å²) in [4.78, 5) is 3.97. The van der Waals surface area contributed by atoms with Gasteiger partial charge in [-0.1, -0.05) is 25.9 Å². The van der Waals surface area contributed by atoms with Crippen LogP contribution in [0.2, 0.25) is 0 Å². The molecule has 1 aromatic rings. The highest BCUT2D eigenvalue weighted by Crippen LogP contribution is 2.34. The molecule has 0 amide bonds. The summed E-state index contributed by atoms with van der Waals surface area (Å²) in [6, 6.07) is 0.0777. The molecule has 1 aromatic heterocycles. The molecule has 0 radical (unpaired) electrons. The third-order valence-corrected chi connectivity index (χ3v) is 1.81. The molecule has 0 saturated carbocycles. The van der Waals surface area contributed by atoms with Crippen LogP contribution >= 0.6 is 0 Å². The Morgan fingerprint density at radius 3 is 2.50 bits per heavy atom. The van der Waals surface area contributed by atoms with Gasteiger partial charge in [0.2, 0.25) is 5.82 Å². The molecular formula is C9H17N3O2.